The number of rotatable bonds is 4. The maximum Gasteiger partial charge on any atom is 0.303 e. The lowest BCUT2D eigenvalue weighted by Crippen LogP contribution is -2.32. The van der Waals surface area contributed by atoms with Crippen molar-refractivity contribution in [2.24, 2.45) is 0 Å². The van der Waals surface area contributed by atoms with E-state index < -0.39 is 5.97 Å². The molecule has 1 aliphatic rings. The molecule has 2 aromatic rings. The number of hydrogen-bond acceptors (Lipinski definition) is 6. The lowest BCUT2D eigenvalue weighted by atomic mass is 10.0. The van der Waals surface area contributed by atoms with Crippen LogP contribution in [0, 0.1) is 0 Å². The Bertz CT molecular complexity index is 947. The highest BCUT2D eigenvalue weighted by Crippen LogP contribution is 2.46. The Balaban J connectivity index is 2.15. The van der Waals surface area contributed by atoms with E-state index in [9.17, 15) is 9.59 Å². The molecule has 0 bridgehead atoms. The fraction of sp³-hybridized carbons (Fsp3) is 0.389. The van der Waals surface area contributed by atoms with Crippen molar-refractivity contribution in [2.75, 3.05) is 20.8 Å². The van der Waals surface area contributed by atoms with Crippen LogP contribution in [0.25, 0.3) is 10.9 Å². The summed E-state index contributed by atoms with van der Waals surface area (Å²) in [6.45, 7) is 3.10. The molecule has 2 heterocycles. The average molecular weight is 413 g/mol. The molecule has 0 saturated heterocycles. The minimum absolute atomic E-state index is 0.254. The number of pyridine rings is 1. The van der Waals surface area contributed by atoms with Crippen LogP contribution in [0.15, 0.2) is 6.07 Å². The number of carbonyl (C=O) groups is 2. The number of hydrogen-bond donors (Lipinski definition) is 0. The summed E-state index contributed by atoms with van der Waals surface area (Å²) in [7, 11) is 3.00. The summed E-state index contributed by atoms with van der Waals surface area (Å²) in [4.78, 5) is 29.6. The minimum Gasteiger partial charge on any atom is -0.495 e. The van der Waals surface area contributed by atoms with E-state index in [4.69, 9.17) is 37.4 Å². The van der Waals surface area contributed by atoms with Crippen LogP contribution in [0.3, 0.4) is 0 Å². The fourth-order valence-electron chi connectivity index (χ4n) is 3.32. The second-order valence-electron chi connectivity index (χ2n) is 6.09. The molecule has 1 atom stereocenters. The molecule has 1 aliphatic heterocycles. The Hall–Kier alpha value is -2.25. The summed E-state index contributed by atoms with van der Waals surface area (Å²) < 4.78 is 15.6. The van der Waals surface area contributed by atoms with E-state index in [0.29, 0.717) is 17.1 Å². The van der Waals surface area contributed by atoms with Crippen LogP contribution in [0.4, 0.5) is 0 Å². The van der Waals surface area contributed by atoms with Crippen molar-refractivity contribution in [3.63, 3.8) is 0 Å². The van der Waals surface area contributed by atoms with E-state index in [2.05, 4.69) is 4.98 Å². The van der Waals surface area contributed by atoms with Gasteiger partial charge in [0.2, 0.25) is 5.88 Å². The number of methoxy groups -OCH3 is 2. The molecule has 0 spiro atoms. The maximum absolute atomic E-state index is 12.5. The highest BCUT2D eigenvalue weighted by atomic mass is 35.5. The van der Waals surface area contributed by atoms with Crippen LogP contribution < -0.4 is 9.47 Å². The molecule has 27 heavy (non-hydrogen) atoms. The smallest absolute Gasteiger partial charge is 0.303 e. The third-order valence-electron chi connectivity index (χ3n) is 4.58. The zero-order valence-corrected chi connectivity index (χ0v) is 16.8. The normalized spacial score (nSPS) is 15.6. The van der Waals surface area contributed by atoms with Gasteiger partial charge in [-0.2, -0.15) is 0 Å². The second-order valence-corrected chi connectivity index (χ2v) is 6.85. The zero-order chi connectivity index (χ0) is 19.9. The van der Waals surface area contributed by atoms with E-state index in [-0.39, 0.29) is 35.1 Å². The van der Waals surface area contributed by atoms with Gasteiger partial charge in [0.1, 0.15) is 10.8 Å². The molecule has 1 aromatic heterocycles. The fourth-order valence-corrected chi connectivity index (χ4v) is 3.77. The number of nitrogens with zero attached hydrogens (tertiary/aromatic N) is 2. The Morgan fingerprint density at radius 2 is 1.96 bits per heavy atom. The van der Waals surface area contributed by atoms with Crippen molar-refractivity contribution < 1.29 is 23.8 Å². The predicted octanol–water partition coefficient (Wildman–Crippen LogP) is 3.53. The van der Waals surface area contributed by atoms with E-state index in [1.54, 1.807) is 11.0 Å². The molecule has 3 rings (SSSR count). The Kier molecular flexibility index (Phi) is 5.35. The third-order valence-corrected chi connectivity index (χ3v) is 5.42. The van der Waals surface area contributed by atoms with Gasteiger partial charge in [0.15, 0.2) is 6.61 Å². The van der Waals surface area contributed by atoms with Gasteiger partial charge >= 0.3 is 5.97 Å². The molecular formula is C18H18Cl2N2O5. The Morgan fingerprint density at radius 1 is 1.26 bits per heavy atom. The molecule has 1 aromatic carbocycles. The van der Waals surface area contributed by atoms with E-state index >= 15 is 0 Å². The van der Waals surface area contributed by atoms with Crippen LogP contribution in [0.1, 0.15) is 31.0 Å². The van der Waals surface area contributed by atoms with Crippen LogP contribution in [0.5, 0.6) is 11.6 Å². The summed E-state index contributed by atoms with van der Waals surface area (Å²) in [6.07, 6.45) is 0. The molecule has 0 aliphatic carbocycles. The quantitative estimate of drug-likeness (QED) is 0.714. The lowest BCUT2D eigenvalue weighted by molar-refractivity contribution is -0.151. The first-order valence-electron chi connectivity index (χ1n) is 8.15. The molecule has 0 fully saturated rings. The average Bonchev–Trinajstić information content (AvgIpc) is 2.99. The number of carbonyl (C=O) groups excluding carboxylic acids is 2. The molecule has 1 amide bonds. The van der Waals surface area contributed by atoms with Crippen LogP contribution in [0.2, 0.25) is 10.0 Å². The molecule has 9 heteroatoms. The van der Waals surface area contributed by atoms with Crippen LogP contribution in [-0.4, -0.2) is 42.6 Å². The molecule has 7 nitrogen and oxygen atoms in total. The second kappa shape index (κ2) is 7.40. The van der Waals surface area contributed by atoms with Gasteiger partial charge in [-0.15, -0.1) is 0 Å². The predicted molar refractivity (Wildman–Crippen MR) is 100 cm³/mol. The van der Waals surface area contributed by atoms with Crippen LogP contribution >= 0.6 is 23.2 Å². The summed E-state index contributed by atoms with van der Waals surface area (Å²) in [5.74, 6) is -0.0322. The first-order valence-corrected chi connectivity index (χ1v) is 8.91. The highest BCUT2D eigenvalue weighted by Gasteiger charge is 2.36. The van der Waals surface area contributed by atoms with Crippen molar-refractivity contribution >= 4 is 46.0 Å². The van der Waals surface area contributed by atoms with Crippen molar-refractivity contribution in [3.8, 4) is 11.6 Å². The van der Waals surface area contributed by atoms with Crippen molar-refractivity contribution in [1.82, 2.24) is 9.88 Å². The number of fused-ring (bicyclic) bond motifs is 3. The standard InChI is InChI=1S/C18H18Cl2N2O5/c1-8-14-10-5-12(25-3)15(19)16(20)17(10)21-18(26-4)11(14)6-22(8)13(24)7-27-9(2)23/h5,8H,6-7H2,1-4H3/t8-/m0/s1. The van der Waals surface area contributed by atoms with E-state index in [1.807, 2.05) is 6.92 Å². The van der Waals surface area contributed by atoms with Crippen molar-refractivity contribution in [2.45, 2.75) is 26.4 Å². The molecular weight excluding hydrogens is 395 g/mol. The lowest BCUT2D eigenvalue weighted by Gasteiger charge is -2.22. The van der Waals surface area contributed by atoms with E-state index in [0.717, 1.165) is 16.5 Å². The van der Waals surface area contributed by atoms with Gasteiger partial charge in [-0.3, -0.25) is 9.59 Å². The number of amides is 1. The number of benzene rings is 1. The van der Waals surface area contributed by atoms with Gasteiger partial charge in [0, 0.05) is 17.9 Å². The molecule has 0 N–H and O–H groups in total. The van der Waals surface area contributed by atoms with Crippen LogP contribution in [-0.2, 0) is 20.9 Å². The number of halogens is 2. The first kappa shape index (κ1) is 19.5. The van der Waals surface area contributed by atoms with Gasteiger partial charge in [0.25, 0.3) is 5.91 Å². The molecule has 0 radical (unpaired) electrons. The zero-order valence-electron chi connectivity index (χ0n) is 15.3. The highest BCUT2D eigenvalue weighted by molar-refractivity contribution is 6.46. The third kappa shape index (κ3) is 3.26. The molecule has 0 saturated carbocycles. The summed E-state index contributed by atoms with van der Waals surface area (Å²) in [6, 6.07) is 1.45. The summed E-state index contributed by atoms with van der Waals surface area (Å²) in [5, 5.41) is 1.24. The minimum atomic E-state index is -0.511. The Labute approximate surface area is 166 Å². The van der Waals surface area contributed by atoms with Crippen molar-refractivity contribution in [1.29, 1.82) is 0 Å². The van der Waals surface area contributed by atoms with Gasteiger partial charge in [-0.25, -0.2) is 4.98 Å². The first-order chi connectivity index (χ1) is 12.8. The van der Waals surface area contributed by atoms with Gasteiger partial charge in [-0.05, 0) is 18.6 Å². The summed E-state index contributed by atoms with van der Waals surface area (Å²) in [5.41, 5.74) is 2.10. The Morgan fingerprint density at radius 3 is 2.56 bits per heavy atom. The largest absolute Gasteiger partial charge is 0.495 e. The topological polar surface area (TPSA) is 78.0 Å². The SMILES string of the molecule is COc1cc2c3c(c(OC)nc2c(Cl)c1Cl)CN(C(=O)COC(C)=O)[C@H]3C. The number of ether oxygens (including phenoxy) is 3. The molecule has 144 valence electrons. The van der Waals surface area contributed by atoms with Gasteiger partial charge < -0.3 is 19.1 Å². The molecule has 0 unspecified atom stereocenters. The van der Waals surface area contributed by atoms with Gasteiger partial charge in [-0.1, -0.05) is 23.2 Å². The maximum atomic E-state index is 12.5. The summed E-state index contributed by atoms with van der Waals surface area (Å²) >= 11 is 12.7. The van der Waals surface area contributed by atoms with Crippen molar-refractivity contribution in [3.05, 3.63) is 27.2 Å². The van der Waals surface area contributed by atoms with Gasteiger partial charge in [0.05, 0.1) is 37.3 Å². The van der Waals surface area contributed by atoms with E-state index in [1.165, 1.54) is 21.1 Å². The monoisotopic (exact) mass is 412 g/mol. The number of aromatic nitrogens is 1. The number of esters is 1.